The number of piperazine rings is 1. The minimum Gasteiger partial charge on any atom is -0.346 e. The lowest BCUT2D eigenvalue weighted by molar-refractivity contribution is -0.137. The van der Waals surface area contributed by atoms with Gasteiger partial charge in [-0.2, -0.15) is 0 Å². The minimum absolute atomic E-state index is 0.300. The van der Waals surface area contributed by atoms with Gasteiger partial charge in [-0.1, -0.05) is 24.1 Å². The topological polar surface area (TPSA) is 62.9 Å². The maximum atomic E-state index is 14.0. The molecule has 6 heterocycles. The summed E-state index contributed by atoms with van der Waals surface area (Å²) in [6.45, 7) is 18.2. The Morgan fingerprint density at radius 3 is 2.11 bits per heavy atom. The van der Waals surface area contributed by atoms with Crippen LogP contribution in [-0.4, -0.2) is 101 Å². The normalized spacial score (nSPS) is 23.5. The Labute approximate surface area is 272 Å². The van der Waals surface area contributed by atoms with E-state index >= 15 is 0 Å². The van der Waals surface area contributed by atoms with Crippen LogP contribution in [0.4, 0.5) is 0 Å². The summed E-state index contributed by atoms with van der Waals surface area (Å²) in [6.07, 6.45) is 6.96. The highest BCUT2D eigenvalue weighted by molar-refractivity contribution is 7.19. The van der Waals surface area contributed by atoms with Crippen LogP contribution in [0.2, 0.25) is 0 Å². The molecule has 1 N–H and O–H groups in total. The summed E-state index contributed by atoms with van der Waals surface area (Å²) in [7, 11) is 0. The number of hydrogen-bond donors (Lipinski definition) is 1. The van der Waals surface area contributed by atoms with Crippen molar-refractivity contribution in [2.75, 3.05) is 52.4 Å². The predicted molar refractivity (Wildman–Crippen MR) is 184 cm³/mol. The Hall–Kier alpha value is -2.68. The number of carbonyl (C=O) groups is 2. The van der Waals surface area contributed by atoms with Gasteiger partial charge in [0.15, 0.2) is 0 Å². The Balaban J connectivity index is 1.13. The van der Waals surface area contributed by atoms with Crippen LogP contribution < -0.4 is 0 Å². The average molecular weight is 630 g/mol. The van der Waals surface area contributed by atoms with Crippen LogP contribution in [0.15, 0.2) is 24.3 Å². The van der Waals surface area contributed by atoms with Crippen LogP contribution in [0.3, 0.4) is 0 Å². The van der Waals surface area contributed by atoms with E-state index in [0.29, 0.717) is 36.4 Å². The van der Waals surface area contributed by atoms with Crippen molar-refractivity contribution in [3.63, 3.8) is 0 Å². The smallest absolute Gasteiger partial charge is 0.236 e. The van der Waals surface area contributed by atoms with Gasteiger partial charge in [0.25, 0.3) is 0 Å². The van der Waals surface area contributed by atoms with Crippen molar-refractivity contribution in [3.05, 3.63) is 45.8 Å². The molecule has 0 aliphatic carbocycles. The lowest BCUT2D eigenvalue weighted by Gasteiger charge is -2.36. The monoisotopic (exact) mass is 629 g/mol. The second-order valence-electron chi connectivity index (χ2n) is 15.0. The highest BCUT2D eigenvalue weighted by Gasteiger charge is 2.47. The van der Waals surface area contributed by atoms with Crippen LogP contribution in [0.5, 0.6) is 0 Å². The largest absolute Gasteiger partial charge is 0.346 e. The van der Waals surface area contributed by atoms with Gasteiger partial charge in [0.2, 0.25) is 11.8 Å². The Morgan fingerprint density at radius 1 is 0.889 bits per heavy atom. The molecule has 4 aliphatic rings. The summed E-state index contributed by atoms with van der Waals surface area (Å²) < 4.78 is 0. The van der Waals surface area contributed by atoms with E-state index in [0.717, 1.165) is 63.5 Å². The number of aromatic nitrogens is 1. The molecule has 8 heteroatoms. The second-order valence-corrected chi connectivity index (χ2v) is 16.1. The van der Waals surface area contributed by atoms with Gasteiger partial charge in [0.1, 0.15) is 4.83 Å². The van der Waals surface area contributed by atoms with Crippen molar-refractivity contribution < 1.29 is 9.59 Å². The van der Waals surface area contributed by atoms with E-state index in [1.54, 1.807) is 11.3 Å². The first kappa shape index (κ1) is 30.9. The van der Waals surface area contributed by atoms with Crippen molar-refractivity contribution >= 4 is 33.4 Å². The molecule has 7 nitrogen and oxygen atoms in total. The standard InChI is InChI=1S/C37H51N5O2S/c1-24-18-25(2)20-27(19-24)34-33(26(3)22-39-14-16-40(17-15-39)23-32(43)41-12-6-7-13-41)30-21-31(45-35(30)38-34)37(4,5)36(44)42-28-8-9-29(42)11-10-28/h18-21,26,28-29,38H,6-17,22-23H2,1-5H3. The van der Waals surface area contributed by atoms with Crippen LogP contribution >= 0.6 is 11.3 Å². The quantitative estimate of drug-likeness (QED) is 0.318. The van der Waals surface area contributed by atoms with Crippen molar-refractivity contribution in [1.29, 1.82) is 0 Å². The molecule has 0 saturated carbocycles. The number of amides is 2. The number of H-pyrrole nitrogens is 1. The van der Waals surface area contributed by atoms with Crippen molar-refractivity contribution in [1.82, 2.24) is 24.6 Å². The zero-order chi connectivity index (χ0) is 31.5. The number of aromatic amines is 1. The van der Waals surface area contributed by atoms with E-state index in [1.165, 1.54) is 63.8 Å². The van der Waals surface area contributed by atoms with Crippen molar-refractivity contribution in [3.8, 4) is 11.3 Å². The molecule has 45 heavy (non-hydrogen) atoms. The van der Waals surface area contributed by atoms with Crippen LogP contribution in [0, 0.1) is 13.8 Å². The minimum atomic E-state index is -0.543. The average Bonchev–Trinajstić information content (AvgIpc) is 3.83. The number of carbonyl (C=O) groups excluding carboxylic acids is 2. The summed E-state index contributed by atoms with van der Waals surface area (Å²) in [5.41, 5.74) is 5.84. The van der Waals surface area contributed by atoms with Crippen LogP contribution in [-0.2, 0) is 15.0 Å². The lowest BCUT2D eigenvalue weighted by Crippen LogP contribution is -2.50. The fourth-order valence-corrected chi connectivity index (χ4v) is 9.88. The fourth-order valence-electron chi connectivity index (χ4n) is 8.70. The van der Waals surface area contributed by atoms with E-state index in [4.69, 9.17) is 0 Å². The molecule has 1 aromatic carbocycles. The Bertz CT molecular complexity index is 1530. The second kappa shape index (κ2) is 12.2. The van der Waals surface area contributed by atoms with E-state index < -0.39 is 5.41 Å². The number of thiophene rings is 1. The summed E-state index contributed by atoms with van der Waals surface area (Å²) in [5.74, 6) is 0.916. The molecule has 1 atom stereocenters. The third-order valence-electron chi connectivity index (χ3n) is 11.2. The van der Waals surface area contributed by atoms with Gasteiger partial charge in [-0.3, -0.25) is 14.5 Å². The molecule has 242 valence electrons. The maximum absolute atomic E-state index is 14.0. The number of hydrogen-bond acceptors (Lipinski definition) is 5. The van der Waals surface area contributed by atoms with Gasteiger partial charge >= 0.3 is 0 Å². The van der Waals surface area contributed by atoms with E-state index in [1.807, 2.05) is 4.90 Å². The number of nitrogens with one attached hydrogen (secondary N) is 1. The van der Waals surface area contributed by atoms with Crippen LogP contribution in [0.1, 0.15) is 86.8 Å². The molecule has 2 aromatic heterocycles. The number of fused-ring (bicyclic) bond motifs is 3. The summed E-state index contributed by atoms with van der Waals surface area (Å²) in [5, 5.41) is 1.27. The first-order valence-electron chi connectivity index (χ1n) is 17.4. The molecule has 2 bridgehead atoms. The van der Waals surface area contributed by atoms with E-state index in [2.05, 4.69) is 78.6 Å². The van der Waals surface area contributed by atoms with Crippen molar-refractivity contribution in [2.24, 2.45) is 0 Å². The van der Waals surface area contributed by atoms with E-state index in [-0.39, 0.29) is 0 Å². The predicted octanol–water partition coefficient (Wildman–Crippen LogP) is 6.29. The van der Waals surface area contributed by atoms with Gasteiger partial charge in [0.05, 0.1) is 17.7 Å². The number of nitrogens with zero attached hydrogens (tertiary/aromatic N) is 4. The molecule has 0 radical (unpaired) electrons. The molecule has 4 fully saturated rings. The number of rotatable bonds is 8. The Morgan fingerprint density at radius 2 is 1.49 bits per heavy atom. The van der Waals surface area contributed by atoms with Gasteiger partial charge in [-0.15, -0.1) is 11.3 Å². The molecule has 2 amide bonds. The highest BCUT2D eigenvalue weighted by atomic mass is 32.1. The molecule has 4 aliphatic heterocycles. The zero-order valence-electron chi connectivity index (χ0n) is 28.0. The molecule has 4 saturated heterocycles. The van der Waals surface area contributed by atoms with E-state index in [9.17, 15) is 9.59 Å². The zero-order valence-corrected chi connectivity index (χ0v) is 28.8. The maximum Gasteiger partial charge on any atom is 0.236 e. The third-order valence-corrected chi connectivity index (χ3v) is 12.6. The first-order chi connectivity index (χ1) is 21.6. The Kier molecular flexibility index (Phi) is 8.36. The third kappa shape index (κ3) is 5.87. The molecule has 3 aromatic rings. The van der Waals surface area contributed by atoms with Gasteiger partial charge in [-0.25, -0.2) is 0 Å². The number of aryl methyl sites for hydroxylation is 2. The molecule has 7 rings (SSSR count). The van der Waals surface area contributed by atoms with Crippen molar-refractivity contribution in [2.45, 2.75) is 96.6 Å². The highest BCUT2D eigenvalue weighted by Crippen LogP contribution is 2.46. The van der Waals surface area contributed by atoms with Gasteiger partial charge in [-0.05, 0) is 101 Å². The molecule has 1 unspecified atom stereocenters. The molecule has 0 spiro atoms. The first-order valence-corrected chi connectivity index (χ1v) is 18.2. The SMILES string of the molecule is Cc1cc(C)cc(-c2[nH]c3sc(C(C)(C)C(=O)N4C5CCC4CC5)cc3c2C(C)CN2CCN(CC(=O)N3CCCC3)CC2)c1. The molecular weight excluding hydrogens is 579 g/mol. The van der Waals surface area contributed by atoms with Gasteiger partial charge < -0.3 is 19.7 Å². The molecular formula is C37H51N5O2S. The summed E-state index contributed by atoms with van der Waals surface area (Å²) in [4.78, 5) is 42.2. The fraction of sp³-hybridized carbons (Fsp3) is 0.622. The summed E-state index contributed by atoms with van der Waals surface area (Å²) in [6, 6.07) is 10.1. The number of benzene rings is 1. The lowest BCUT2D eigenvalue weighted by atomic mass is 9.88. The number of likely N-dealkylation sites (tertiary alicyclic amines) is 1. The summed E-state index contributed by atoms with van der Waals surface area (Å²) >= 11 is 1.77. The van der Waals surface area contributed by atoms with Crippen LogP contribution in [0.25, 0.3) is 21.5 Å². The van der Waals surface area contributed by atoms with Gasteiger partial charge in [0, 0.05) is 68.2 Å².